The fourth-order valence-electron chi connectivity index (χ4n) is 1.38. The van der Waals surface area contributed by atoms with Gasteiger partial charge in [-0.2, -0.15) is 0 Å². The molecule has 16 heavy (non-hydrogen) atoms. The van der Waals surface area contributed by atoms with Crippen LogP contribution in [0.25, 0.3) is 0 Å². The van der Waals surface area contributed by atoms with Gasteiger partial charge in [0.05, 0.1) is 6.42 Å². The van der Waals surface area contributed by atoms with Gasteiger partial charge in [0.15, 0.2) is 5.78 Å². The van der Waals surface area contributed by atoms with Crippen molar-refractivity contribution < 1.29 is 19.2 Å². The van der Waals surface area contributed by atoms with Gasteiger partial charge in [-0.3, -0.25) is 24.1 Å². The Balaban J connectivity index is 0.000000163. The number of Topliss-reactive ketones (excluding diaryl/α,β-unsaturated/α-hetero) is 2. The zero-order valence-electron chi connectivity index (χ0n) is 9.65. The Bertz CT molecular complexity index is 353. The molecule has 2 fully saturated rings. The summed E-state index contributed by atoms with van der Waals surface area (Å²) in [4.78, 5) is 42.8. The van der Waals surface area contributed by atoms with Crippen LogP contribution < -0.4 is 0 Å². The highest BCUT2D eigenvalue weighted by molar-refractivity contribution is 6.36. The third-order valence-electron chi connectivity index (χ3n) is 2.81. The first-order valence-electron chi connectivity index (χ1n) is 5.30. The van der Waals surface area contributed by atoms with Gasteiger partial charge in [0.2, 0.25) is 11.7 Å². The number of ketones is 2. The van der Waals surface area contributed by atoms with Crippen molar-refractivity contribution >= 4 is 23.4 Å². The molecule has 5 heteroatoms. The van der Waals surface area contributed by atoms with Gasteiger partial charge >= 0.3 is 0 Å². The van der Waals surface area contributed by atoms with Crippen LogP contribution >= 0.6 is 0 Å². The monoisotopic (exact) mass is 225 g/mol. The van der Waals surface area contributed by atoms with Crippen LogP contribution in [0.15, 0.2) is 0 Å². The van der Waals surface area contributed by atoms with Crippen molar-refractivity contribution in [1.82, 2.24) is 4.90 Å². The maximum absolute atomic E-state index is 10.7. The van der Waals surface area contributed by atoms with Crippen LogP contribution in [0.4, 0.5) is 0 Å². The molecule has 2 aliphatic heterocycles. The number of fused-ring (bicyclic) bond motifs is 1. The Labute approximate surface area is 93.8 Å². The second kappa shape index (κ2) is 4.55. The minimum absolute atomic E-state index is 0.00463. The molecule has 2 amide bonds. The molecule has 2 heterocycles. The molecule has 5 nitrogen and oxygen atoms in total. The lowest BCUT2D eigenvalue weighted by molar-refractivity contribution is -0.137. The normalized spacial score (nSPS) is 22.4. The molecule has 0 aliphatic carbocycles. The molecule has 2 aliphatic rings. The number of imide groups is 1. The number of hydrogen-bond donors (Lipinski definition) is 0. The Morgan fingerprint density at radius 2 is 2.00 bits per heavy atom. The highest BCUT2D eigenvalue weighted by Gasteiger charge is 2.60. The molecular formula is C11H15NO4. The first-order valence-corrected chi connectivity index (χ1v) is 5.30. The topological polar surface area (TPSA) is 71.3 Å². The average Bonchev–Trinajstić information content (AvgIpc) is 2.78. The fourth-order valence-corrected chi connectivity index (χ4v) is 1.38. The summed E-state index contributed by atoms with van der Waals surface area (Å²) in [6.45, 7) is 4.98. The lowest BCUT2D eigenvalue weighted by Crippen LogP contribution is -2.25. The van der Waals surface area contributed by atoms with Gasteiger partial charge in [-0.1, -0.05) is 13.8 Å². The molecule has 2 unspecified atom stereocenters. The molecule has 0 saturated carbocycles. The summed E-state index contributed by atoms with van der Waals surface area (Å²) in [6, 6.07) is 0.0208. The molecule has 2 saturated heterocycles. The Kier molecular flexibility index (Phi) is 3.57. The Morgan fingerprint density at radius 1 is 1.44 bits per heavy atom. The van der Waals surface area contributed by atoms with E-state index in [0.29, 0.717) is 6.42 Å². The highest BCUT2D eigenvalue weighted by Crippen LogP contribution is 2.34. The van der Waals surface area contributed by atoms with E-state index in [1.807, 2.05) is 6.92 Å². The zero-order chi connectivity index (χ0) is 12.5. The van der Waals surface area contributed by atoms with Crippen molar-refractivity contribution in [3.05, 3.63) is 0 Å². The molecule has 88 valence electrons. The van der Waals surface area contributed by atoms with E-state index in [0.717, 1.165) is 6.42 Å². The molecule has 0 aromatic carbocycles. The van der Waals surface area contributed by atoms with E-state index in [2.05, 4.69) is 0 Å². The summed E-state index contributed by atoms with van der Waals surface area (Å²) in [5, 5.41) is 0. The van der Waals surface area contributed by atoms with E-state index in [-0.39, 0.29) is 35.3 Å². The van der Waals surface area contributed by atoms with Crippen molar-refractivity contribution in [2.24, 2.45) is 5.92 Å². The van der Waals surface area contributed by atoms with Gasteiger partial charge in [0.1, 0.15) is 6.04 Å². The van der Waals surface area contributed by atoms with Crippen LogP contribution in [-0.4, -0.2) is 34.3 Å². The van der Waals surface area contributed by atoms with Crippen LogP contribution in [-0.2, 0) is 19.2 Å². The van der Waals surface area contributed by atoms with Gasteiger partial charge in [0.25, 0.3) is 5.91 Å². The molecule has 0 bridgehead atoms. The number of rotatable bonds is 3. The molecule has 2 atom stereocenters. The van der Waals surface area contributed by atoms with E-state index in [1.54, 1.807) is 6.92 Å². The molecule has 0 aromatic rings. The van der Waals surface area contributed by atoms with Crippen LogP contribution in [0.2, 0.25) is 0 Å². The maximum Gasteiger partial charge on any atom is 0.253 e. The minimum Gasteiger partial charge on any atom is -0.291 e. The number of β-lactam (4-membered cyclic amide) rings is 1. The van der Waals surface area contributed by atoms with Gasteiger partial charge in [-0.15, -0.1) is 0 Å². The average molecular weight is 225 g/mol. The Hall–Kier alpha value is -1.52. The van der Waals surface area contributed by atoms with Crippen LogP contribution in [0.1, 0.15) is 33.6 Å². The van der Waals surface area contributed by atoms with Crippen molar-refractivity contribution in [2.75, 3.05) is 0 Å². The van der Waals surface area contributed by atoms with Gasteiger partial charge in [-0.25, -0.2) is 0 Å². The second-order valence-corrected chi connectivity index (χ2v) is 4.05. The van der Waals surface area contributed by atoms with E-state index in [1.165, 1.54) is 11.8 Å². The van der Waals surface area contributed by atoms with E-state index >= 15 is 0 Å². The summed E-state index contributed by atoms with van der Waals surface area (Å²) in [6.07, 6.45) is 1.22. The number of carbonyl (C=O) groups is 4. The number of nitrogens with zero attached hydrogens (tertiary/aromatic N) is 1. The van der Waals surface area contributed by atoms with E-state index in [4.69, 9.17) is 0 Å². The molecule has 0 spiro atoms. The van der Waals surface area contributed by atoms with Crippen molar-refractivity contribution in [3.8, 4) is 0 Å². The third-order valence-corrected chi connectivity index (χ3v) is 2.81. The number of hydrogen-bond acceptors (Lipinski definition) is 4. The van der Waals surface area contributed by atoms with Crippen LogP contribution in [0, 0.1) is 5.92 Å². The summed E-state index contributed by atoms with van der Waals surface area (Å²) in [5.74, 6) is -0.663. The van der Waals surface area contributed by atoms with Crippen molar-refractivity contribution in [1.29, 1.82) is 0 Å². The molecule has 0 radical (unpaired) electrons. The third kappa shape index (κ3) is 2.35. The molecule has 0 aromatic heterocycles. The first-order chi connectivity index (χ1) is 7.40. The lowest BCUT2D eigenvalue weighted by Gasteiger charge is -2.05. The van der Waals surface area contributed by atoms with Crippen LogP contribution in [0.5, 0.6) is 0 Å². The van der Waals surface area contributed by atoms with Crippen molar-refractivity contribution in [3.63, 3.8) is 0 Å². The second-order valence-electron chi connectivity index (χ2n) is 4.05. The van der Waals surface area contributed by atoms with Gasteiger partial charge in [0, 0.05) is 12.8 Å². The summed E-state index contributed by atoms with van der Waals surface area (Å²) < 4.78 is 0. The summed E-state index contributed by atoms with van der Waals surface area (Å²) in [5.41, 5.74) is 0. The van der Waals surface area contributed by atoms with Gasteiger partial charge < -0.3 is 0 Å². The molecule has 2 rings (SSSR count). The predicted octanol–water partition coefficient (Wildman–Crippen LogP) is 0.318. The van der Waals surface area contributed by atoms with E-state index in [9.17, 15) is 19.2 Å². The van der Waals surface area contributed by atoms with Crippen molar-refractivity contribution in [2.45, 2.75) is 39.7 Å². The summed E-state index contributed by atoms with van der Waals surface area (Å²) in [7, 11) is 0. The smallest absolute Gasteiger partial charge is 0.253 e. The highest BCUT2D eigenvalue weighted by atomic mass is 16.2. The molecule has 0 N–H and O–H groups in total. The Morgan fingerprint density at radius 3 is 2.06 bits per heavy atom. The summed E-state index contributed by atoms with van der Waals surface area (Å²) >= 11 is 0. The quantitative estimate of drug-likeness (QED) is 0.300. The molecular weight excluding hydrogens is 210 g/mol. The SMILES string of the molecule is CCC(C)C(=O)C(C)=O.O=C1CC2C(=O)N12. The minimum atomic E-state index is -0.329. The first kappa shape index (κ1) is 12.5. The standard InChI is InChI=1S/C7H12O2.C4H3NO2/c1-4-5(2)7(9)6(3)8;6-3-1-2-4(7)5(2)3/h5H,4H2,1-3H3;2H,1H2. The largest absolute Gasteiger partial charge is 0.291 e. The van der Waals surface area contributed by atoms with Gasteiger partial charge in [-0.05, 0) is 6.42 Å². The number of carbonyl (C=O) groups excluding carboxylic acids is 4. The van der Waals surface area contributed by atoms with Crippen LogP contribution in [0.3, 0.4) is 0 Å². The number of amides is 2. The lowest BCUT2D eigenvalue weighted by atomic mass is 10.0. The predicted molar refractivity (Wildman–Crippen MR) is 55.4 cm³/mol. The maximum atomic E-state index is 10.7. The fraction of sp³-hybridized carbons (Fsp3) is 0.636. The van der Waals surface area contributed by atoms with E-state index < -0.39 is 0 Å². The zero-order valence-corrected chi connectivity index (χ0v) is 9.65.